The number of benzene rings is 2. The first-order chi connectivity index (χ1) is 7.36. The fourth-order valence-electron chi connectivity index (χ4n) is 2.09. The van der Waals surface area contributed by atoms with E-state index in [0.29, 0.717) is 0 Å². The third kappa shape index (κ3) is 1.16. The molecule has 3 rings (SSSR count). The standard InChI is InChI=1S/C15H10/c1-11-5-4-7-13-10-9-12-6-2-3-8-14(12)15(11)13/h1-10H. The summed E-state index contributed by atoms with van der Waals surface area (Å²) in [5.74, 6) is 0. The Bertz CT molecular complexity index is 660. The minimum absolute atomic E-state index is 0.851. The smallest absolute Gasteiger partial charge is 0.0955 e. The summed E-state index contributed by atoms with van der Waals surface area (Å²) in [5, 5.41) is 4.46. The number of fused-ring (bicyclic) bond motifs is 3. The molecule has 0 heterocycles. The lowest BCUT2D eigenvalue weighted by molar-refractivity contribution is 1.47. The zero-order valence-electron chi connectivity index (χ0n) is 8.27. The van der Waals surface area contributed by atoms with Crippen molar-refractivity contribution < 1.29 is 0 Å². The molecule has 2 aromatic rings. The third-order valence-electron chi connectivity index (χ3n) is 2.80. The Morgan fingerprint density at radius 1 is 1.07 bits per heavy atom. The van der Waals surface area contributed by atoms with Crippen LogP contribution in [0.25, 0.3) is 23.4 Å². The number of hydrogen-bond acceptors (Lipinski definition) is 0. The first-order valence-corrected chi connectivity index (χ1v) is 5.02. The lowest BCUT2D eigenvalue weighted by Crippen LogP contribution is -2.14. The molecule has 0 atom stereocenters. The van der Waals surface area contributed by atoms with Crippen LogP contribution in [0.3, 0.4) is 0 Å². The number of hydrogen-bond donors (Lipinski definition) is 0. The summed E-state index contributed by atoms with van der Waals surface area (Å²) >= 11 is 0. The largest absolute Gasteiger partial charge is 0.145 e. The van der Waals surface area contributed by atoms with Crippen LogP contribution >= 0.6 is 0 Å². The molecule has 0 bridgehead atoms. The van der Waals surface area contributed by atoms with Crippen LogP contribution in [0.1, 0.15) is 5.56 Å². The molecule has 0 N–H and O–H groups in total. The molecule has 0 radical (unpaired) electrons. The number of rotatable bonds is 0. The van der Waals surface area contributed by atoms with E-state index < -0.39 is 0 Å². The highest BCUT2D eigenvalue weighted by atomic mass is 14.1. The van der Waals surface area contributed by atoms with Gasteiger partial charge in [0.1, 0.15) is 0 Å². The maximum atomic E-state index is 6.02. The van der Waals surface area contributed by atoms with Gasteiger partial charge in [0.25, 0.3) is 0 Å². The third-order valence-corrected chi connectivity index (χ3v) is 2.80. The van der Waals surface area contributed by atoms with Gasteiger partial charge in [-0.3, -0.25) is 0 Å². The molecule has 0 spiro atoms. The molecule has 0 unspecified atom stereocenters. The SMILES string of the molecule is [CH+]=c1cccc2ccc3c(c12)[CH-]C=CC=3. The second-order valence-corrected chi connectivity index (χ2v) is 3.73. The maximum absolute atomic E-state index is 6.02. The second kappa shape index (κ2) is 2.98. The van der Waals surface area contributed by atoms with Gasteiger partial charge in [-0.15, -0.1) is 35.4 Å². The van der Waals surface area contributed by atoms with Crippen LogP contribution in [0.2, 0.25) is 0 Å². The van der Waals surface area contributed by atoms with Crippen molar-refractivity contribution in [2.24, 2.45) is 0 Å². The van der Waals surface area contributed by atoms with Crippen LogP contribution in [-0.4, -0.2) is 0 Å². The van der Waals surface area contributed by atoms with Crippen LogP contribution in [0.4, 0.5) is 0 Å². The summed E-state index contributed by atoms with van der Waals surface area (Å²) in [4.78, 5) is 0. The van der Waals surface area contributed by atoms with Gasteiger partial charge in [0.05, 0.1) is 5.22 Å². The van der Waals surface area contributed by atoms with E-state index in [4.69, 9.17) is 6.58 Å². The van der Waals surface area contributed by atoms with E-state index in [0.717, 1.165) is 10.6 Å². The van der Waals surface area contributed by atoms with E-state index in [1.54, 1.807) is 0 Å². The fourth-order valence-corrected chi connectivity index (χ4v) is 2.09. The Hall–Kier alpha value is -2.04. The zero-order valence-corrected chi connectivity index (χ0v) is 8.27. The summed E-state index contributed by atoms with van der Waals surface area (Å²) in [6, 6.07) is 10.3. The minimum Gasteiger partial charge on any atom is -0.145 e. The van der Waals surface area contributed by atoms with E-state index in [1.807, 2.05) is 24.3 Å². The highest BCUT2D eigenvalue weighted by Crippen LogP contribution is 2.15. The van der Waals surface area contributed by atoms with Gasteiger partial charge in [0.15, 0.2) is 0 Å². The van der Waals surface area contributed by atoms with Crippen LogP contribution in [0.5, 0.6) is 0 Å². The summed E-state index contributed by atoms with van der Waals surface area (Å²) in [6.07, 6.45) is 8.33. The van der Waals surface area contributed by atoms with Gasteiger partial charge < -0.3 is 0 Å². The quantitative estimate of drug-likeness (QED) is 0.558. The highest BCUT2D eigenvalue weighted by molar-refractivity contribution is 5.88. The van der Waals surface area contributed by atoms with Crippen LogP contribution in [0.15, 0.2) is 42.5 Å². The van der Waals surface area contributed by atoms with Gasteiger partial charge in [0.2, 0.25) is 0 Å². The molecule has 1 aliphatic rings. The molecule has 2 aromatic carbocycles. The fraction of sp³-hybridized carbons (Fsp3) is 0. The van der Waals surface area contributed by atoms with Crippen molar-refractivity contribution in [2.75, 3.05) is 0 Å². The van der Waals surface area contributed by atoms with E-state index in [-0.39, 0.29) is 0 Å². The van der Waals surface area contributed by atoms with Gasteiger partial charge in [-0.05, 0) is 18.0 Å². The Morgan fingerprint density at radius 2 is 2.00 bits per heavy atom. The molecule has 0 amide bonds. The Labute approximate surface area is 88.9 Å². The molecular weight excluding hydrogens is 180 g/mol. The summed E-state index contributed by atoms with van der Waals surface area (Å²) in [6.45, 7) is 6.02. The van der Waals surface area contributed by atoms with Gasteiger partial charge in [-0.2, -0.15) is 0 Å². The Kier molecular flexibility index (Phi) is 1.65. The maximum Gasteiger partial charge on any atom is 0.0955 e. The topological polar surface area (TPSA) is 0 Å². The molecule has 0 nitrogen and oxygen atoms in total. The van der Waals surface area contributed by atoms with Crippen molar-refractivity contribution in [1.82, 2.24) is 0 Å². The van der Waals surface area contributed by atoms with E-state index in [2.05, 4.69) is 30.7 Å². The van der Waals surface area contributed by atoms with Crippen molar-refractivity contribution >= 4 is 23.4 Å². The van der Waals surface area contributed by atoms with Crippen LogP contribution < -0.4 is 10.4 Å². The Morgan fingerprint density at radius 3 is 2.93 bits per heavy atom. The van der Waals surface area contributed by atoms with Crippen molar-refractivity contribution in [2.45, 2.75) is 0 Å². The normalized spacial score (nSPS) is 13.0. The molecule has 0 aromatic heterocycles. The van der Waals surface area contributed by atoms with Crippen molar-refractivity contribution in [3.63, 3.8) is 0 Å². The van der Waals surface area contributed by atoms with Gasteiger partial charge in [0, 0.05) is 6.07 Å². The molecule has 0 fully saturated rings. The summed E-state index contributed by atoms with van der Waals surface area (Å²) in [7, 11) is 0. The van der Waals surface area contributed by atoms with Crippen molar-refractivity contribution in [3.8, 4) is 0 Å². The molecule has 15 heavy (non-hydrogen) atoms. The van der Waals surface area contributed by atoms with E-state index in [1.165, 1.54) is 16.2 Å². The first-order valence-electron chi connectivity index (χ1n) is 5.02. The minimum atomic E-state index is 0.851. The van der Waals surface area contributed by atoms with Crippen molar-refractivity contribution in [3.05, 3.63) is 64.9 Å². The van der Waals surface area contributed by atoms with Crippen LogP contribution in [-0.2, 0) is 0 Å². The lowest BCUT2D eigenvalue weighted by atomic mass is 9.96. The van der Waals surface area contributed by atoms with Gasteiger partial charge >= 0.3 is 0 Å². The second-order valence-electron chi connectivity index (χ2n) is 3.73. The molecule has 0 heteroatoms. The Balaban J connectivity index is 2.59. The summed E-state index contributed by atoms with van der Waals surface area (Å²) < 4.78 is 0. The molecular formula is C15H10. The predicted molar refractivity (Wildman–Crippen MR) is 64.7 cm³/mol. The van der Waals surface area contributed by atoms with E-state index in [9.17, 15) is 0 Å². The van der Waals surface area contributed by atoms with Crippen molar-refractivity contribution in [1.29, 1.82) is 0 Å². The van der Waals surface area contributed by atoms with Gasteiger partial charge in [-0.1, -0.05) is 23.6 Å². The monoisotopic (exact) mass is 190 g/mol. The zero-order chi connectivity index (χ0) is 10.3. The average molecular weight is 190 g/mol. The van der Waals surface area contributed by atoms with E-state index >= 15 is 0 Å². The molecule has 0 saturated carbocycles. The molecule has 0 aliphatic heterocycles. The molecule has 1 aliphatic carbocycles. The molecule has 0 saturated heterocycles. The highest BCUT2D eigenvalue weighted by Gasteiger charge is 1.99. The number of allylic oxidation sites excluding steroid dienone is 2. The first kappa shape index (κ1) is 8.28. The van der Waals surface area contributed by atoms with Crippen LogP contribution in [0, 0.1) is 6.42 Å². The molecule has 70 valence electrons. The average Bonchev–Trinajstić information content (AvgIpc) is 2.29. The summed E-state index contributed by atoms with van der Waals surface area (Å²) in [5.41, 5.74) is 1.23. The lowest BCUT2D eigenvalue weighted by Gasteiger charge is -2.14. The predicted octanol–water partition coefficient (Wildman–Crippen LogP) is 2.03. The van der Waals surface area contributed by atoms with Gasteiger partial charge in [-0.25, -0.2) is 0 Å².